The Morgan fingerprint density at radius 3 is 2.52 bits per heavy atom. The van der Waals surface area contributed by atoms with Crippen LogP contribution in [0.25, 0.3) is 0 Å². The summed E-state index contributed by atoms with van der Waals surface area (Å²) >= 11 is 6.08. The van der Waals surface area contributed by atoms with Gasteiger partial charge in [0, 0.05) is 18.7 Å². The predicted molar refractivity (Wildman–Crippen MR) is 89.8 cm³/mol. The number of hydrogen-bond donors (Lipinski definition) is 1. The molecule has 0 bridgehead atoms. The summed E-state index contributed by atoms with van der Waals surface area (Å²) in [6.45, 7) is 1.04. The molecule has 0 aromatic heterocycles. The number of hydrogen-bond acceptors (Lipinski definition) is 3. The highest BCUT2D eigenvalue weighted by Gasteiger charge is 2.28. The number of halogens is 1. The van der Waals surface area contributed by atoms with Gasteiger partial charge in [0.15, 0.2) is 0 Å². The molecule has 1 saturated heterocycles. The average Bonchev–Trinajstić information content (AvgIpc) is 2.82. The molecule has 1 aliphatic heterocycles. The highest BCUT2D eigenvalue weighted by Crippen LogP contribution is 2.27. The van der Waals surface area contributed by atoms with E-state index in [0.717, 1.165) is 25.7 Å². The average molecular weight is 355 g/mol. The van der Waals surface area contributed by atoms with Crippen molar-refractivity contribution < 1.29 is 13.2 Å². The number of nitrogens with zero attached hydrogens (tertiary/aromatic N) is 1. The first kappa shape index (κ1) is 17.8. The van der Waals surface area contributed by atoms with E-state index < -0.39 is 15.9 Å². The van der Waals surface area contributed by atoms with Crippen molar-refractivity contribution in [1.82, 2.24) is 9.62 Å². The van der Waals surface area contributed by atoms with Crippen molar-refractivity contribution in [2.24, 2.45) is 0 Å². The van der Waals surface area contributed by atoms with Crippen molar-refractivity contribution >= 4 is 27.5 Å². The number of nitrogens with one attached hydrogen (secondary N) is 1. The molecule has 0 unspecified atom stereocenters. The molecule has 1 fully saturated rings. The van der Waals surface area contributed by atoms with Gasteiger partial charge in [0.25, 0.3) is 5.91 Å². The van der Waals surface area contributed by atoms with Crippen LogP contribution >= 0.6 is 11.6 Å². The van der Waals surface area contributed by atoms with Gasteiger partial charge in [-0.1, -0.05) is 30.4 Å². The van der Waals surface area contributed by atoms with E-state index in [1.807, 2.05) is 0 Å². The van der Waals surface area contributed by atoms with Crippen LogP contribution in [0.5, 0.6) is 0 Å². The topological polar surface area (TPSA) is 66.5 Å². The summed E-state index contributed by atoms with van der Waals surface area (Å²) in [5.74, 6) is 1.87. The summed E-state index contributed by atoms with van der Waals surface area (Å²) in [7, 11) is -3.71. The minimum atomic E-state index is -3.71. The zero-order valence-electron chi connectivity index (χ0n) is 12.7. The number of amides is 1. The Hall–Kier alpha value is -1.55. The van der Waals surface area contributed by atoms with Crippen molar-refractivity contribution in [1.29, 1.82) is 0 Å². The second kappa shape index (κ2) is 7.82. The molecule has 5 nitrogen and oxygen atoms in total. The molecule has 0 spiro atoms. The molecule has 1 heterocycles. The number of sulfonamides is 1. The predicted octanol–water partition coefficient (Wildman–Crippen LogP) is 2.27. The maximum absolute atomic E-state index is 12.8. The largest absolute Gasteiger partial charge is 0.341 e. The molecule has 1 N–H and O–H groups in total. The molecule has 0 aliphatic carbocycles. The van der Waals surface area contributed by atoms with E-state index in [-0.39, 0.29) is 22.0 Å². The summed E-state index contributed by atoms with van der Waals surface area (Å²) in [6.07, 6.45) is 8.81. The lowest BCUT2D eigenvalue weighted by atomic mass is 10.2. The summed E-state index contributed by atoms with van der Waals surface area (Å²) < 4.78 is 27.1. The lowest BCUT2D eigenvalue weighted by Gasteiger charge is -2.21. The smallest absolute Gasteiger partial charge is 0.252 e. The third kappa shape index (κ3) is 4.25. The fourth-order valence-corrected chi connectivity index (χ4v) is 4.51. The summed E-state index contributed by atoms with van der Waals surface area (Å²) in [4.78, 5) is 11.9. The quantitative estimate of drug-likeness (QED) is 0.843. The lowest BCUT2D eigenvalue weighted by Crippen LogP contribution is -2.32. The molecule has 124 valence electrons. The van der Waals surface area contributed by atoms with Crippen LogP contribution in [0.2, 0.25) is 5.02 Å². The molecule has 1 aromatic carbocycles. The van der Waals surface area contributed by atoms with Crippen LogP contribution in [0.3, 0.4) is 0 Å². The third-order valence-electron chi connectivity index (χ3n) is 3.73. The van der Waals surface area contributed by atoms with E-state index in [4.69, 9.17) is 18.0 Å². The molecule has 0 saturated carbocycles. The normalized spacial score (nSPS) is 16.3. The number of benzene rings is 1. The van der Waals surface area contributed by atoms with Gasteiger partial charge in [0.2, 0.25) is 10.0 Å². The van der Waals surface area contributed by atoms with Crippen molar-refractivity contribution in [3.63, 3.8) is 0 Å². The standard InChI is InChI=1S/C16H19ClN2O3S/c1-2-9-18-16(20)13-7-8-14(17)15(12-13)23(21,22)19-10-5-3-4-6-11-19/h1,7-8,12H,3-6,9-11H2,(H,18,20). The first-order chi connectivity index (χ1) is 11.0. The Labute approximate surface area is 142 Å². The van der Waals surface area contributed by atoms with Crippen molar-refractivity contribution in [3.8, 4) is 12.3 Å². The second-order valence-corrected chi connectivity index (χ2v) is 7.66. The van der Waals surface area contributed by atoms with Crippen LogP contribution in [-0.2, 0) is 10.0 Å². The van der Waals surface area contributed by atoms with Crippen LogP contribution in [0.4, 0.5) is 0 Å². The SMILES string of the molecule is C#CCNC(=O)c1ccc(Cl)c(S(=O)(=O)N2CCCCCC2)c1. The van der Waals surface area contributed by atoms with E-state index in [1.54, 1.807) is 0 Å². The molecule has 23 heavy (non-hydrogen) atoms. The maximum Gasteiger partial charge on any atom is 0.252 e. The maximum atomic E-state index is 12.8. The number of terminal acetylenes is 1. The van der Waals surface area contributed by atoms with Gasteiger partial charge in [-0.2, -0.15) is 4.31 Å². The van der Waals surface area contributed by atoms with Crippen LogP contribution in [-0.4, -0.2) is 38.3 Å². The highest BCUT2D eigenvalue weighted by atomic mass is 35.5. The minimum Gasteiger partial charge on any atom is -0.341 e. The molecule has 1 amide bonds. The van der Waals surface area contributed by atoms with Crippen LogP contribution in [0.15, 0.2) is 23.1 Å². The Kier molecular flexibility index (Phi) is 6.05. The van der Waals surface area contributed by atoms with Crippen molar-refractivity contribution in [2.75, 3.05) is 19.6 Å². The van der Waals surface area contributed by atoms with Crippen LogP contribution in [0, 0.1) is 12.3 Å². The third-order valence-corrected chi connectivity index (χ3v) is 6.11. The lowest BCUT2D eigenvalue weighted by molar-refractivity contribution is 0.0958. The van der Waals surface area contributed by atoms with E-state index in [0.29, 0.717) is 13.1 Å². The van der Waals surface area contributed by atoms with E-state index in [2.05, 4.69) is 11.2 Å². The van der Waals surface area contributed by atoms with Crippen LogP contribution < -0.4 is 5.32 Å². The molecular weight excluding hydrogens is 336 g/mol. The van der Waals surface area contributed by atoms with E-state index >= 15 is 0 Å². The van der Waals surface area contributed by atoms with E-state index in [9.17, 15) is 13.2 Å². The Morgan fingerprint density at radius 2 is 1.91 bits per heavy atom. The zero-order valence-corrected chi connectivity index (χ0v) is 14.3. The summed E-state index contributed by atoms with van der Waals surface area (Å²) in [6, 6.07) is 4.22. The molecule has 1 aliphatic rings. The number of carbonyl (C=O) groups is 1. The van der Waals surface area contributed by atoms with Crippen molar-refractivity contribution in [2.45, 2.75) is 30.6 Å². The van der Waals surface area contributed by atoms with Gasteiger partial charge in [-0.3, -0.25) is 4.79 Å². The molecular formula is C16H19ClN2O3S. The highest BCUT2D eigenvalue weighted by molar-refractivity contribution is 7.89. The molecule has 1 aromatic rings. The first-order valence-corrected chi connectivity index (χ1v) is 9.30. The monoisotopic (exact) mass is 354 g/mol. The van der Waals surface area contributed by atoms with Gasteiger partial charge < -0.3 is 5.32 Å². The van der Waals surface area contributed by atoms with Gasteiger partial charge in [0.05, 0.1) is 11.6 Å². The van der Waals surface area contributed by atoms with Gasteiger partial charge in [-0.25, -0.2) is 8.42 Å². The molecule has 0 radical (unpaired) electrons. The fourth-order valence-electron chi connectivity index (χ4n) is 2.50. The molecule has 2 rings (SSSR count). The summed E-state index contributed by atoms with van der Waals surface area (Å²) in [5, 5.41) is 2.62. The van der Waals surface area contributed by atoms with E-state index in [1.165, 1.54) is 22.5 Å². The number of rotatable bonds is 4. The first-order valence-electron chi connectivity index (χ1n) is 7.48. The molecule has 7 heteroatoms. The van der Waals surface area contributed by atoms with Gasteiger partial charge in [-0.05, 0) is 31.0 Å². The Balaban J connectivity index is 2.33. The van der Waals surface area contributed by atoms with Gasteiger partial charge >= 0.3 is 0 Å². The number of carbonyl (C=O) groups excluding carboxylic acids is 1. The van der Waals surface area contributed by atoms with Gasteiger partial charge in [-0.15, -0.1) is 6.42 Å². The zero-order chi connectivity index (χ0) is 16.9. The summed E-state index contributed by atoms with van der Waals surface area (Å²) in [5.41, 5.74) is 0.220. The Bertz CT molecular complexity index is 717. The van der Waals surface area contributed by atoms with Gasteiger partial charge in [0.1, 0.15) is 4.90 Å². The van der Waals surface area contributed by atoms with Crippen LogP contribution in [0.1, 0.15) is 36.0 Å². The Morgan fingerprint density at radius 1 is 1.26 bits per heavy atom. The fraction of sp³-hybridized carbons (Fsp3) is 0.438. The van der Waals surface area contributed by atoms with Crippen molar-refractivity contribution in [3.05, 3.63) is 28.8 Å². The minimum absolute atomic E-state index is 0.0329. The second-order valence-electron chi connectivity index (χ2n) is 5.35. The molecule has 0 atom stereocenters.